The lowest BCUT2D eigenvalue weighted by Crippen LogP contribution is -2.39. The van der Waals surface area contributed by atoms with E-state index in [1.165, 1.54) is 6.33 Å². The zero-order valence-corrected chi connectivity index (χ0v) is 16.7. The topological polar surface area (TPSA) is 104 Å². The van der Waals surface area contributed by atoms with E-state index in [1.54, 1.807) is 4.52 Å². The molecule has 9 nitrogen and oxygen atoms in total. The van der Waals surface area contributed by atoms with E-state index in [9.17, 15) is 4.79 Å². The van der Waals surface area contributed by atoms with Gasteiger partial charge in [-0.15, -0.1) is 0 Å². The third-order valence-corrected chi connectivity index (χ3v) is 5.52. The van der Waals surface area contributed by atoms with E-state index in [2.05, 4.69) is 20.0 Å². The molecule has 3 aromatic heterocycles. The first kappa shape index (κ1) is 18.4. The zero-order chi connectivity index (χ0) is 20.7. The van der Waals surface area contributed by atoms with Crippen molar-refractivity contribution in [2.75, 3.05) is 18.0 Å². The summed E-state index contributed by atoms with van der Waals surface area (Å²) in [7, 11) is 0. The minimum absolute atomic E-state index is 0.125. The van der Waals surface area contributed by atoms with Crippen molar-refractivity contribution in [3.05, 3.63) is 48.5 Å². The number of carbonyl (C=O) groups excluding carboxylic acids is 1. The normalized spacial score (nSPS) is 15.2. The van der Waals surface area contributed by atoms with Crippen molar-refractivity contribution >= 4 is 28.4 Å². The molecule has 0 aliphatic carbocycles. The highest BCUT2D eigenvalue weighted by Crippen LogP contribution is 2.30. The molecule has 1 amide bonds. The van der Waals surface area contributed by atoms with Gasteiger partial charge in [-0.1, -0.05) is 6.07 Å². The first-order valence-corrected chi connectivity index (χ1v) is 10.0. The van der Waals surface area contributed by atoms with E-state index in [1.807, 2.05) is 48.0 Å². The van der Waals surface area contributed by atoms with E-state index in [-0.39, 0.29) is 18.6 Å². The summed E-state index contributed by atoms with van der Waals surface area (Å²) in [5.41, 5.74) is 7.23. The number of piperidine rings is 1. The van der Waals surface area contributed by atoms with Gasteiger partial charge in [0.05, 0.1) is 5.52 Å². The summed E-state index contributed by atoms with van der Waals surface area (Å²) in [5, 5.41) is 5.31. The number of hydrogen-bond acceptors (Lipinski definition) is 6. The molecule has 0 spiro atoms. The maximum Gasteiger partial charge on any atom is 0.254 e. The van der Waals surface area contributed by atoms with E-state index in [4.69, 9.17) is 10.5 Å². The van der Waals surface area contributed by atoms with Crippen LogP contribution in [-0.4, -0.2) is 49.2 Å². The Morgan fingerprint density at radius 2 is 2.10 bits per heavy atom. The summed E-state index contributed by atoms with van der Waals surface area (Å²) in [6.45, 7) is 3.86. The fourth-order valence-corrected chi connectivity index (χ4v) is 4.12. The number of hydrogen-bond donors (Lipinski definition) is 1. The molecule has 9 heteroatoms. The molecular formula is C21H23N7O2. The van der Waals surface area contributed by atoms with Crippen molar-refractivity contribution in [2.24, 2.45) is 5.73 Å². The van der Waals surface area contributed by atoms with Crippen molar-refractivity contribution in [1.29, 1.82) is 0 Å². The van der Waals surface area contributed by atoms with Gasteiger partial charge in [-0.3, -0.25) is 4.79 Å². The van der Waals surface area contributed by atoms with Gasteiger partial charge in [0.15, 0.2) is 0 Å². The van der Waals surface area contributed by atoms with Gasteiger partial charge in [-0.25, -0.2) is 4.98 Å². The summed E-state index contributed by atoms with van der Waals surface area (Å²) in [6, 6.07) is 9.93. The minimum Gasteiger partial charge on any atom is -0.490 e. The molecule has 30 heavy (non-hydrogen) atoms. The molecule has 0 unspecified atom stereocenters. The molecule has 1 saturated heterocycles. The van der Waals surface area contributed by atoms with Crippen LogP contribution in [0, 0.1) is 6.92 Å². The van der Waals surface area contributed by atoms with Crippen LogP contribution < -0.4 is 15.4 Å². The van der Waals surface area contributed by atoms with Crippen LogP contribution in [0.4, 0.5) is 5.82 Å². The van der Waals surface area contributed by atoms with Gasteiger partial charge in [0.25, 0.3) is 5.78 Å². The number of primary amides is 1. The van der Waals surface area contributed by atoms with Gasteiger partial charge < -0.3 is 19.9 Å². The lowest BCUT2D eigenvalue weighted by atomic mass is 10.1. The average Bonchev–Trinajstić information content (AvgIpc) is 3.35. The Kier molecular flexibility index (Phi) is 4.50. The van der Waals surface area contributed by atoms with Crippen molar-refractivity contribution in [1.82, 2.24) is 24.1 Å². The SMILES string of the molecule is Cc1cc(N2CCC(Oc3cccc4c3ccn4CC(N)=O)CC2)n2ncnc2n1. The van der Waals surface area contributed by atoms with Crippen molar-refractivity contribution in [2.45, 2.75) is 32.4 Å². The molecule has 4 heterocycles. The quantitative estimate of drug-likeness (QED) is 0.544. The van der Waals surface area contributed by atoms with Crippen LogP contribution in [0.3, 0.4) is 0 Å². The lowest BCUT2D eigenvalue weighted by molar-refractivity contribution is -0.118. The number of nitrogens with zero attached hydrogens (tertiary/aromatic N) is 6. The second kappa shape index (κ2) is 7.33. The number of rotatable bonds is 5. The number of amides is 1. The molecule has 4 aromatic rings. The summed E-state index contributed by atoms with van der Waals surface area (Å²) >= 11 is 0. The number of nitrogens with two attached hydrogens (primary N) is 1. The molecule has 0 saturated carbocycles. The van der Waals surface area contributed by atoms with Crippen LogP contribution in [-0.2, 0) is 11.3 Å². The Balaban J connectivity index is 1.31. The average molecular weight is 405 g/mol. The third-order valence-electron chi connectivity index (χ3n) is 5.52. The summed E-state index contributed by atoms with van der Waals surface area (Å²) in [5.74, 6) is 2.11. The lowest BCUT2D eigenvalue weighted by Gasteiger charge is -2.33. The van der Waals surface area contributed by atoms with E-state index in [0.29, 0.717) is 5.78 Å². The maximum atomic E-state index is 11.3. The van der Waals surface area contributed by atoms with Gasteiger partial charge in [0.2, 0.25) is 5.91 Å². The molecule has 2 N–H and O–H groups in total. The summed E-state index contributed by atoms with van der Waals surface area (Å²) in [6.07, 6.45) is 5.33. The number of aromatic nitrogens is 5. The van der Waals surface area contributed by atoms with Crippen LogP contribution in [0.15, 0.2) is 42.9 Å². The first-order valence-electron chi connectivity index (χ1n) is 10.0. The largest absolute Gasteiger partial charge is 0.490 e. The molecular weight excluding hydrogens is 382 g/mol. The smallest absolute Gasteiger partial charge is 0.254 e. The number of benzene rings is 1. The van der Waals surface area contributed by atoms with E-state index in [0.717, 1.165) is 54.1 Å². The highest BCUT2D eigenvalue weighted by atomic mass is 16.5. The Morgan fingerprint density at radius 3 is 2.90 bits per heavy atom. The number of anilines is 1. The van der Waals surface area contributed by atoms with Crippen LogP contribution in [0.2, 0.25) is 0 Å². The maximum absolute atomic E-state index is 11.3. The zero-order valence-electron chi connectivity index (χ0n) is 16.7. The number of fused-ring (bicyclic) bond motifs is 2. The Labute approximate surface area is 173 Å². The third kappa shape index (κ3) is 3.32. The van der Waals surface area contributed by atoms with Crippen molar-refractivity contribution in [3.63, 3.8) is 0 Å². The highest BCUT2D eigenvalue weighted by Gasteiger charge is 2.24. The first-order chi connectivity index (χ1) is 14.6. The minimum atomic E-state index is -0.362. The van der Waals surface area contributed by atoms with Gasteiger partial charge in [-0.05, 0) is 25.1 Å². The fraction of sp³-hybridized carbons (Fsp3) is 0.333. The summed E-state index contributed by atoms with van der Waals surface area (Å²) < 4.78 is 10.0. The molecule has 1 fully saturated rings. The molecule has 0 radical (unpaired) electrons. The molecule has 1 aromatic carbocycles. The summed E-state index contributed by atoms with van der Waals surface area (Å²) in [4.78, 5) is 22.2. The fourth-order valence-electron chi connectivity index (χ4n) is 4.12. The van der Waals surface area contributed by atoms with Crippen LogP contribution in [0.1, 0.15) is 18.5 Å². The van der Waals surface area contributed by atoms with Gasteiger partial charge in [0.1, 0.15) is 30.5 Å². The Hall–Kier alpha value is -3.62. The standard InChI is InChI=1S/C21H23N7O2/c1-14-11-20(28-21(25-14)23-13-24-28)26-8-5-15(6-9-26)30-18-4-2-3-17-16(18)7-10-27(17)12-19(22)29/h2-4,7,10-11,13,15H,5-6,8-9,12H2,1H3,(H2,22,29). The van der Waals surface area contributed by atoms with Crippen LogP contribution in [0.25, 0.3) is 16.7 Å². The molecule has 1 aliphatic rings. The highest BCUT2D eigenvalue weighted by molar-refractivity contribution is 5.88. The Morgan fingerprint density at radius 1 is 1.27 bits per heavy atom. The number of carbonyl (C=O) groups is 1. The van der Waals surface area contributed by atoms with E-state index >= 15 is 0 Å². The van der Waals surface area contributed by atoms with Crippen molar-refractivity contribution in [3.8, 4) is 5.75 Å². The van der Waals surface area contributed by atoms with E-state index < -0.39 is 0 Å². The van der Waals surface area contributed by atoms with Crippen LogP contribution in [0.5, 0.6) is 5.75 Å². The predicted octanol–water partition coefficient (Wildman–Crippen LogP) is 1.92. The second-order valence-electron chi connectivity index (χ2n) is 7.63. The Bertz CT molecular complexity index is 1220. The van der Waals surface area contributed by atoms with Gasteiger partial charge in [0, 0.05) is 49.3 Å². The number of aryl methyl sites for hydroxylation is 1. The van der Waals surface area contributed by atoms with Gasteiger partial charge >= 0.3 is 0 Å². The van der Waals surface area contributed by atoms with Crippen molar-refractivity contribution < 1.29 is 9.53 Å². The molecule has 1 aliphatic heterocycles. The second-order valence-corrected chi connectivity index (χ2v) is 7.63. The predicted molar refractivity (Wildman–Crippen MR) is 113 cm³/mol. The van der Waals surface area contributed by atoms with Gasteiger partial charge in [-0.2, -0.15) is 14.6 Å². The molecule has 5 rings (SSSR count). The van der Waals surface area contributed by atoms with Crippen LogP contribution >= 0.6 is 0 Å². The monoisotopic (exact) mass is 405 g/mol. The molecule has 154 valence electrons. The molecule has 0 atom stereocenters. The number of ether oxygens (including phenoxy) is 1. The molecule has 0 bridgehead atoms.